The van der Waals surface area contributed by atoms with Gasteiger partial charge in [0.05, 0.1) is 26.1 Å². The molecule has 8 heteroatoms. The fourth-order valence-corrected chi connectivity index (χ4v) is 4.58. The van der Waals surface area contributed by atoms with Crippen LogP contribution in [0.3, 0.4) is 0 Å². The van der Waals surface area contributed by atoms with Crippen molar-refractivity contribution in [1.82, 2.24) is 9.21 Å². The molecule has 3 heterocycles. The Labute approximate surface area is 131 Å². The number of sulfonamides is 1. The van der Waals surface area contributed by atoms with Gasteiger partial charge in [0.2, 0.25) is 15.9 Å². The van der Waals surface area contributed by atoms with Crippen LogP contribution in [0.15, 0.2) is 0 Å². The molecule has 3 aliphatic rings. The van der Waals surface area contributed by atoms with E-state index in [1.165, 1.54) is 10.6 Å². The highest BCUT2D eigenvalue weighted by atomic mass is 32.2. The lowest BCUT2D eigenvalue weighted by molar-refractivity contribution is -0.136. The number of carbonyl (C=O) groups excluding carboxylic acids is 1. The Balaban J connectivity index is 1.55. The van der Waals surface area contributed by atoms with E-state index in [-0.39, 0.29) is 23.8 Å². The predicted molar refractivity (Wildman–Crippen MR) is 79.8 cm³/mol. The van der Waals surface area contributed by atoms with Gasteiger partial charge in [-0.2, -0.15) is 0 Å². The largest absolute Gasteiger partial charge is 0.380 e. The van der Waals surface area contributed by atoms with Gasteiger partial charge in [0, 0.05) is 37.5 Å². The molecule has 0 aromatic carbocycles. The summed E-state index contributed by atoms with van der Waals surface area (Å²) in [5.41, 5.74) is -0.297. The number of carbonyl (C=O) groups is 1. The van der Waals surface area contributed by atoms with Gasteiger partial charge in [0.25, 0.3) is 0 Å². The highest BCUT2D eigenvalue weighted by Gasteiger charge is 2.53. The van der Waals surface area contributed by atoms with Crippen molar-refractivity contribution in [3.63, 3.8) is 0 Å². The molecule has 3 saturated heterocycles. The summed E-state index contributed by atoms with van der Waals surface area (Å²) >= 11 is 0. The van der Waals surface area contributed by atoms with Crippen LogP contribution in [-0.4, -0.2) is 82.4 Å². The third-order valence-corrected chi connectivity index (χ3v) is 6.25. The molecular weight excluding hydrogens is 308 g/mol. The summed E-state index contributed by atoms with van der Waals surface area (Å²) in [7, 11) is -3.19. The molecule has 3 aliphatic heterocycles. The van der Waals surface area contributed by atoms with Crippen molar-refractivity contribution in [1.29, 1.82) is 0 Å². The average Bonchev–Trinajstić information content (AvgIpc) is 3.12. The molecule has 0 unspecified atom stereocenters. The Kier molecular flexibility index (Phi) is 4.46. The van der Waals surface area contributed by atoms with E-state index < -0.39 is 10.0 Å². The summed E-state index contributed by atoms with van der Waals surface area (Å²) in [5.74, 6) is 0.187. The third kappa shape index (κ3) is 3.15. The van der Waals surface area contributed by atoms with Crippen LogP contribution in [-0.2, 0) is 24.3 Å². The molecule has 0 N–H and O–H groups in total. The summed E-state index contributed by atoms with van der Waals surface area (Å²) in [6, 6.07) is 0. The molecule has 0 aliphatic carbocycles. The second-order valence-electron chi connectivity index (χ2n) is 6.71. The topological polar surface area (TPSA) is 76.1 Å². The highest BCUT2D eigenvalue weighted by Crippen LogP contribution is 2.42. The van der Waals surface area contributed by atoms with E-state index in [1.807, 2.05) is 4.90 Å². The highest BCUT2D eigenvalue weighted by molar-refractivity contribution is 7.88. The Morgan fingerprint density at radius 1 is 1.36 bits per heavy atom. The Hall–Kier alpha value is -0.700. The van der Waals surface area contributed by atoms with Gasteiger partial charge in [0.1, 0.15) is 6.61 Å². The van der Waals surface area contributed by atoms with Crippen LogP contribution in [0.25, 0.3) is 0 Å². The maximum atomic E-state index is 12.0. The van der Waals surface area contributed by atoms with E-state index in [1.54, 1.807) is 0 Å². The van der Waals surface area contributed by atoms with Gasteiger partial charge in [0.15, 0.2) is 0 Å². The number of amides is 1. The van der Waals surface area contributed by atoms with E-state index in [2.05, 4.69) is 0 Å². The molecule has 22 heavy (non-hydrogen) atoms. The number of hydrogen-bond acceptors (Lipinski definition) is 5. The number of rotatable bonds is 5. The van der Waals surface area contributed by atoms with Crippen molar-refractivity contribution < 1.29 is 22.7 Å². The Morgan fingerprint density at radius 3 is 2.77 bits per heavy atom. The smallest absolute Gasteiger partial charge is 0.248 e. The van der Waals surface area contributed by atoms with Gasteiger partial charge in [-0.3, -0.25) is 4.79 Å². The van der Waals surface area contributed by atoms with Crippen molar-refractivity contribution in [2.75, 3.05) is 58.9 Å². The van der Waals surface area contributed by atoms with Gasteiger partial charge in [-0.25, -0.2) is 12.7 Å². The van der Waals surface area contributed by atoms with Crippen LogP contribution in [0.5, 0.6) is 0 Å². The van der Waals surface area contributed by atoms with Crippen molar-refractivity contribution in [3.8, 4) is 0 Å². The zero-order valence-electron chi connectivity index (χ0n) is 13.0. The van der Waals surface area contributed by atoms with Crippen LogP contribution in [0.4, 0.5) is 0 Å². The first-order valence-electron chi connectivity index (χ1n) is 7.79. The molecular formula is C14H24N2O5S. The number of ether oxygens (including phenoxy) is 2. The molecule has 2 atom stereocenters. The van der Waals surface area contributed by atoms with Crippen LogP contribution in [0.2, 0.25) is 0 Å². The first-order chi connectivity index (χ1) is 10.4. The van der Waals surface area contributed by atoms with E-state index in [4.69, 9.17) is 9.47 Å². The maximum absolute atomic E-state index is 12.0. The molecule has 0 aromatic rings. The van der Waals surface area contributed by atoms with E-state index in [9.17, 15) is 13.2 Å². The number of hydrogen-bond donors (Lipinski definition) is 0. The van der Waals surface area contributed by atoms with Crippen LogP contribution >= 0.6 is 0 Å². The van der Waals surface area contributed by atoms with Crippen molar-refractivity contribution >= 4 is 15.9 Å². The second kappa shape index (κ2) is 6.07. The second-order valence-corrected chi connectivity index (χ2v) is 8.69. The fourth-order valence-electron chi connectivity index (χ4n) is 3.64. The van der Waals surface area contributed by atoms with E-state index in [0.717, 1.165) is 25.9 Å². The SMILES string of the molecule is CS(=O)(=O)N1C[C@@H]2COC[C@]2(COCC(=O)N2CCCC2)C1. The molecule has 1 amide bonds. The van der Waals surface area contributed by atoms with Crippen molar-refractivity contribution in [3.05, 3.63) is 0 Å². The van der Waals surface area contributed by atoms with Crippen LogP contribution in [0.1, 0.15) is 12.8 Å². The molecule has 0 aromatic heterocycles. The minimum atomic E-state index is -3.19. The molecule has 0 spiro atoms. The average molecular weight is 332 g/mol. The van der Waals surface area contributed by atoms with Gasteiger partial charge in [-0.15, -0.1) is 0 Å². The minimum Gasteiger partial charge on any atom is -0.380 e. The van der Waals surface area contributed by atoms with Gasteiger partial charge < -0.3 is 14.4 Å². The molecule has 3 fully saturated rings. The summed E-state index contributed by atoms with van der Waals surface area (Å²) in [6.45, 7) is 4.08. The van der Waals surface area contributed by atoms with Crippen LogP contribution in [0, 0.1) is 11.3 Å². The van der Waals surface area contributed by atoms with E-state index >= 15 is 0 Å². The summed E-state index contributed by atoms with van der Waals surface area (Å²) < 4.78 is 36.2. The molecule has 126 valence electrons. The summed E-state index contributed by atoms with van der Waals surface area (Å²) in [4.78, 5) is 13.8. The van der Waals surface area contributed by atoms with Crippen molar-refractivity contribution in [2.45, 2.75) is 12.8 Å². The minimum absolute atomic E-state index is 0.0299. The zero-order chi connectivity index (χ0) is 15.8. The Bertz CT molecular complexity index is 531. The predicted octanol–water partition coefficient (Wildman–Crippen LogP) is -0.467. The summed E-state index contributed by atoms with van der Waals surface area (Å²) in [6.07, 6.45) is 3.37. The zero-order valence-corrected chi connectivity index (χ0v) is 13.8. The monoisotopic (exact) mass is 332 g/mol. The molecule has 3 rings (SSSR count). The van der Waals surface area contributed by atoms with E-state index in [0.29, 0.717) is 32.9 Å². The number of fused-ring (bicyclic) bond motifs is 1. The molecule has 0 radical (unpaired) electrons. The van der Waals surface area contributed by atoms with Gasteiger partial charge in [-0.1, -0.05) is 0 Å². The third-order valence-electron chi connectivity index (χ3n) is 5.03. The summed E-state index contributed by atoms with van der Waals surface area (Å²) in [5, 5.41) is 0. The lowest BCUT2D eigenvalue weighted by Crippen LogP contribution is -2.39. The first kappa shape index (κ1) is 16.2. The first-order valence-corrected chi connectivity index (χ1v) is 9.64. The van der Waals surface area contributed by atoms with Gasteiger partial charge in [-0.05, 0) is 12.8 Å². The maximum Gasteiger partial charge on any atom is 0.248 e. The molecule has 0 bridgehead atoms. The quantitative estimate of drug-likeness (QED) is 0.680. The Morgan fingerprint density at radius 2 is 2.09 bits per heavy atom. The van der Waals surface area contributed by atoms with Crippen LogP contribution < -0.4 is 0 Å². The number of likely N-dealkylation sites (tertiary alicyclic amines) is 1. The lowest BCUT2D eigenvalue weighted by Gasteiger charge is -2.27. The normalized spacial score (nSPS) is 32.6. The molecule has 0 saturated carbocycles. The van der Waals surface area contributed by atoms with Gasteiger partial charge >= 0.3 is 0 Å². The van der Waals surface area contributed by atoms with Crippen molar-refractivity contribution in [2.24, 2.45) is 11.3 Å². The lowest BCUT2D eigenvalue weighted by atomic mass is 9.82. The molecule has 7 nitrogen and oxygen atoms in total. The standard InChI is InChI=1S/C14H24N2O5S/c1-22(18,19)16-6-12-7-20-10-14(12,9-16)11-21-8-13(17)15-4-2-3-5-15/h12H,2-11H2,1H3/t12-,14+/m1/s1. The fraction of sp³-hybridized carbons (Fsp3) is 0.929. The number of nitrogens with zero attached hydrogens (tertiary/aromatic N) is 2.